The van der Waals surface area contributed by atoms with Gasteiger partial charge in [-0.2, -0.15) is 5.26 Å². The molecule has 0 bridgehead atoms. The fourth-order valence-corrected chi connectivity index (χ4v) is 2.06. The maximum atomic E-state index is 13.2. The molecule has 1 amide bonds. The van der Waals surface area contributed by atoms with Crippen LogP contribution in [0.5, 0.6) is 0 Å². The van der Waals surface area contributed by atoms with Crippen molar-refractivity contribution in [1.29, 1.82) is 5.26 Å². The minimum Gasteiger partial charge on any atom is -0.323 e. The molecular formula is C12H10ClFN2O. The lowest BCUT2D eigenvalue weighted by Crippen LogP contribution is -2.34. The highest BCUT2D eigenvalue weighted by atomic mass is 35.5. The number of halogens is 2. The summed E-state index contributed by atoms with van der Waals surface area (Å²) in [6.07, 6.45) is 1.48. The van der Waals surface area contributed by atoms with Crippen LogP contribution in [0.25, 0.3) is 0 Å². The van der Waals surface area contributed by atoms with E-state index in [2.05, 4.69) is 6.07 Å². The molecule has 0 aromatic heterocycles. The van der Waals surface area contributed by atoms with Crippen LogP contribution in [0, 0.1) is 17.1 Å². The zero-order valence-corrected chi connectivity index (χ0v) is 9.75. The molecule has 17 heavy (non-hydrogen) atoms. The molecule has 0 aliphatic carbocycles. The van der Waals surface area contributed by atoms with Crippen molar-refractivity contribution in [2.45, 2.75) is 18.9 Å². The lowest BCUT2D eigenvalue weighted by Gasteiger charge is -2.19. The van der Waals surface area contributed by atoms with Gasteiger partial charge in [0, 0.05) is 12.1 Å². The van der Waals surface area contributed by atoms with Gasteiger partial charge in [0.2, 0.25) is 0 Å². The molecule has 1 fully saturated rings. The molecule has 0 spiro atoms. The van der Waals surface area contributed by atoms with Crippen molar-refractivity contribution in [3.8, 4) is 6.07 Å². The number of nitrogens with zero attached hydrogens (tertiary/aromatic N) is 2. The van der Waals surface area contributed by atoms with E-state index in [-0.39, 0.29) is 16.5 Å². The summed E-state index contributed by atoms with van der Waals surface area (Å²) in [4.78, 5) is 13.5. The largest absolute Gasteiger partial charge is 0.323 e. The van der Waals surface area contributed by atoms with Gasteiger partial charge in [0.1, 0.15) is 11.9 Å². The molecule has 0 radical (unpaired) electrons. The van der Waals surface area contributed by atoms with Gasteiger partial charge in [0.05, 0.1) is 11.1 Å². The van der Waals surface area contributed by atoms with Crippen LogP contribution in [0.2, 0.25) is 5.02 Å². The molecule has 1 aromatic carbocycles. The fourth-order valence-electron chi connectivity index (χ4n) is 1.94. The number of amides is 1. The van der Waals surface area contributed by atoms with Crippen molar-refractivity contribution in [3.63, 3.8) is 0 Å². The second kappa shape index (κ2) is 4.72. The Morgan fingerprint density at radius 2 is 2.35 bits per heavy atom. The number of carbonyl (C=O) groups is 1. The predicted molar refractivity (Wildman–Crippen MR) is 61.1 cm³/mol. The lowest BCUT2D eigenvalue weighted by atomic mass is 10.1. The second-order valence-corrected chi connectivity index (χ2v) is 4.32. The zero-order chi connectivity index (χ0) is 12.4. The molecule has 1 heterocycles. The van der Waals surface area contributed by atoms with Crippen LogP contribution in [0.4, 0.5) is 4.39 Å². The molecular weight excluding hydrogens is 243 g/mol. The van der Waals surface area contributed by atoms with Crippen LogP contribution >= 0.6 is 11.6 Å². The summed E-state index contributed by atoms with van der Waals surface area (Å²) in [5.41, 5.74) is 0.231. The van der Waals surface area contributed by atoms with Gasteiger partial charge in [0.15, 0.2) is 0 Å². The van der Waals surface area contributed by atoms with Gasteiger partial charge >= 0.3 is 0 Å². The van der Waals surface area contributed by atoms with Crippen molar-refractivity contribution in [1.82, 2.24) is 4.90 Å². The van der Waals surface area contributed by atoms with Gasteiger partial charge in [0.25, 0.3) is 5.91 Å². The van der Waals surface area contributed by atoms with Gasteiger partial charge in [-0.15, -0.1) is 0 Å². The molecule has 3 nitrogen and oxygen atoms in total. The van der Waals surface area contributed by atoms with Gasteiger partial charge in [-0.05, 0) is 31.0 Å². The number of hydrogen-bond donors (Lipinski definition) is 0. The summed E-state index contributed by atoms with van der Waals surface area (Å²) in [5, 5.41) is 8.88. The summed E-state index contributed by atoms with van der Waals surface area (Å²) in [6, 6.07) is 5.60. The Kier molecular flexibility index (Phi) is 3.30. The Morgan fingerprint density at radius 1 is 1.59 bits per heavy atom. The molecule has 1 unspecified atom stereocenters. The Bertz CT molecular complexity index is 498. The summed E-state index contributed by atoms with van der Waals surface area (Å²) < 4.78 is 13.2. The molecule has 0 saturated carbocycles. The fraction of sp³-hybridized carbons (Fsp3) is 0.333. The van der Waals surface area contributed by atoms with Crippen LogP contribution < -0.4 is 0 Å². The predicted octanol–water partition coefficient (Wildman–Crippen LogP) is 2.61. The molecule has 1 saturated heterocycles. The highest BCUT2D eigenvalue weighted by Crippen LogP contribution is 2.21. The third kappa shape index (κ3) is 2.25. The lowest BCUT2D eigenvalue weighted by molar-refractivity contribution is 0.0764. The molecule has 1 aliphatic heterocycles. The third-order valence-electron chi connectivity index (χ3n) is 2.83. The molecule has 1 aliphatic rings. The number of nitriles is 1. The maximum Gasteiger partial charge on any atom is 0.255 e. The number of carbonyl (C=O) groups excluding carboxylic acids is 1. The first-order valence-corrected chi connectivity index (χ1v) is 5.67. The van der Waals surface area contributed by atoms with Crippen LogP contribution in [0.3, 0.4) is 0 Å². The van der Waals surface area contributed by atoms with E-state index in [9.17, 15) is 9.18 Å². The van der Waals surface area contributed by atoms with Crippen LogP contribution in [0.15, 0.2) is 18.2 Å². The highest BCUT2D eigenvalue weighted by Gasteiger charge is 2.29. The van der Waals surface area contributed by atoms with Crippen LogP contribution in [-0.2, 0) is 0 Å². The van der Waals surface area contributed by atoms with Crippen molar-refractivity contribution in [3.05, 3.63) is 34.6 Å². The minimum absolute atomic E-state index is 0.0141. The summed E-state index contributed by atoms with van der Waals surface area (Å²) >= 11 is 5.55. The van der Waals surface area contributed by atoms with Crippen molar-refractivity contribution in [2.75, 3.05) is 6.54 Å². The Hall–Kier alpha value is -1.60. The Balaban J connectivity index is 2.25. The first-order valence-electron chi connectivity index (χ1n) is 5.29. The monoisotopic (exact) mass is 252 g/mol. The number of hydrogen-bond acceptors (Lipinski definition) is 2. The molecule has 1 atom stereocenters. The van der Waals surface area contributed by atoms with Gasteiger partial charge in [-0.1, -0.05) is 11.6 Å². The molecule has 1 aromatic rings. The van der Waals surface area contributed by atoms with Crippen molar-refractivity contribution >= 4 is 17.5 Å². The van der Waals surface area contributed by atoms with Crippen molar-refractivity contribution < 1.29 is 9.18 Å². The normalized spacial score (nSPS) is 19.1. The van der Waals surface area contributed by atoms with E-state index < -0.39 is 11.9 Å². The van der Waals surface area contributed by atoms with E-state index in [0.717, 1.165) is 12.5 Å². The van der Waals surface area contributed by atoms with E-state index in [1.54, 1.807) is 0 Å². The summed E-state index contributed by atoms with van der Waals surface area (Å²) in [5.74, 6) is -0.935. The average molecular weight is 253 g/mol. The number of rotatable bonds is 1. The van der Waals surface area contributed by atoms with Gasteiger partial charge < -0.3 is 4.90 Å². The smallest absolute Gasteiger partial charge is 0.255 e. The Morgan fingerprint density at radius 3 is 3.00 bits per heavy atom. The third-order valence-corrected chi connectivity index (χ3v) is 3.14. The number of benzene rings is 1. The van der Waals surface area contributed by atoms with Gasteiger partial charge in [-0.25, -0.2) is 4.39 Å². The van der Waals surface area contributed by atoms with E-state index in [1.807, 2.05) is 0 Å². The maximum absolute atomic E-state index is 13.2. The quantitative estimate of drug-likeness (QED) is 0.771. The van der Waals surface area contributed by atoms with E-state index in [1.165, 1.54) is 17.0 Å². The minimum atomic E-state index is -0.620. The van der Waals surface area contributed by atoms with Gasteiger partial charge in [-0.3, -0.25) is 4.79 Å². The molecule has 5 heteroatoms. The van der Waals surface area contributed by atoms with Crippen LogP contribution in [0.1, 0.15) is 23.2 Å². The Labute approximate surface area is 103 Å². The van der Waals surface area contributed by atoms with E-state index in [4.69, 9.17) is 16.9 Å². The standard InChI is InChI=1S/C12H10ClFN2O/c13-10-4-3-8(6-11(10)14)12(17)16-5-1-2-9(16)7-15/h3-4,6,9H,1-2,5H2. The second-order valence-electron chi connectivity index (χ2n) is 3.91. The van der Waals surface area contributed by atoms with Crippen molar-refractivity contribution in [2.24, 2.45) is 0 Å². The SMILES string of the molecule is N#CC1CCCN1C(=O)c1ccc(Cl)c(F)c1. The average Bonchev–Trinajstić information content (AvgIpc) is 2.80. The molecule has 88 valence electrons. The number of likely N-dealkylation sites (tertiary alicyclic amines) is 1. The highest BCUT2D eigenvalue weighted by molar-refractivity contribution is 6.30. The van der Waals surface area contributed by atoms with E-state index in [0.29, 0.717) is 13.0 Å². The first kappa shape index (κ1) is 11.9. The molecule has 2 rings (SSSR count). The zero-order valence-electron chi connectivity index (χ0n) is 8.99. The van der Waals surface area contributed by atoms with Crippen LogP contribution in [-0.4, -0.2) is 23.4 Å². The van der Waals surface area contributed by atoms with E-state index >= 15 is 0 Å². The molecule has 0 N–H and O–H groups in total. The summed E-state index contributed by atoms with van der Waals surface area (Å²) in [6.45, 7) is 0.543. The topological polar surface area (TPSA) is 44.1 Å². The summed E-state index contributed by atoms with van der Waals surface area (Å²) in [7, 11) is 0. The first-order chi connectivity index (χ1) is 8.13.